The standard InChI is InChI=1S/C11H11F2N3O/c1-16-11(14)7(5-15-16)10(17)6-3-2-4-8(12)9(6)13/h2-5,10,17H,14H2,1H3. The number of nitrogens with zero attached hydrogens (tertiary/aromatic N) is 2. The number of aliphatic hydroxyl groups is 1. The Labute approximate surface area is 96.3 Å². The molecule has 0 saturated heterocycles. The van der Waals surface area contributed by atoms with E-state index in [9.17, 15) is 13.9 Å². The molecular weight excluding hydrogens is 228 g/mol. The first kappa shape index (κ1) is 11.5. The van der Waals surface area contributed by atoms with Crippen molar-refractivity contribution < 1.29 is 13.9 Å². The van der Waals surface area contributed by atoms with Crippen LogP contribution in [0.4, 0.5) is 14.6 Å². The van der Waals surface area contributed by atoms with Gasteiger partial charge in [0.25, 0.3) is 0 Å². The monoisotopic (exact) mass is 239 g/mol. The van der Waals surface area contributed by atoms with Crippen molar-refractivity contribution in [3.63, 3.8) is 0 Å². The highest BCUT2D eigenvalue weighted by Gasteiger charge is 2.21. The summed E-state index contributed by atoms with van der Waals surface area (Å²) in [5.74, 6) is -1.88. The molecule has 17 heavy (non-hydrogen) atoms. The van der Waals surface area contributed by atoms with Crippen LogP contribution in [0.3, 0.4) is 0 Å². The molecular formula is C11H11F2N3O. The van der Waals surface area contributed by atoms with Gasteiger partial charge in [-0.05, 0) is 6.07 Å². The van der Waals surface area contributed by atoms with Crippen molar-refractivity contribution in [3.8, 4) is 0 Å². The molecule has 1 aromatic carbocycles. The fourth-order valence-corrected chi connectivity index (χ4v) is 1.57. The lowest BCUT2D eigenvalue weighted by Crippen LogP contribution is -2.07. The van der Waals surface area contributed by atoms with Crippen molar-refractivity contribution in [2.75, 3.05) is 5.73 Å². The van der Waals surface area contributed by atoms with Gasteiger partial charge in [0.15, 0.2) is 11.6 Å². The Morgan fingerprint density at radius 2 is 2.06 bits per heavy atom. The van der Waals surface area contributed by atoms with Crippen LogP contribution in [0.2, 0.25) is 0 Å². The summed E-state index contributed by atoms with van der Waals surface area (Å²) in [6.07, 6.45) is -0.0101. The summed E-state index contributed by atoms with van der Waals surface area (Å²) in [7, 11) is 1.59. The third kappa shape index (κ3) is 1.87. The van der Waals surface area contributed by atoms with Gasteiger partial charge in [0.2, 0.25) is 0 Å². The quantitative estimate of drug-likeness (QED) is 0.831. The predicted molar refractivity (Wildman–Crippen MR) is 58.0 cm³/mol. The van der Waals surface area contributed by atoms with Crippen molar-refractivity contribution in [1.82, 2.24) is 9.78 Å². The molecule has 6 heteroatoms. The lowest BCUT2D eigenvalue weighted by atomic mass is 10.0. The van der Waals surface area contributed by atoms with E-state index in [1.165, 1.54) is 23.0 Å². The largest absolute Gasteiger partial charge is 0.384 e. The molecule has 3 N–H and O–H groups in total. The van der Waals surface area contributed by atoms with Crippen molar-refractivity contribution in [3.05, 3.63) is 47.2 Å². The number of aryl methyl sites for hydroxylation is 1. The first-order valence-corrected chi connectivity index (χ1v) is 4.91. The van der Waals surface area contributed by atoms with Crippen molar-refractivity contribution in [2.45, 2.75) is 6.10 Å². The lowest BCUT2D eigenvalue weighted by molar-refractivity contribution is 0.214. The van der Waals surface area contributed by atoms with E-state index >= 15 is 0 Å². The molecule has 4 nitrogen and oxygen atoms in total. The van der Waals surface area contributed by atoms with Crippen molar-refractivity contribution in [1.29, 1.82) is 0 Å². The smallest absolute Gasteiger partial charge is 0.164 e. The maximum Gasteiger partial charge on any atom is 0.164 e. The molecule has 0 aliphatic carbocycles. The average molecular weight is 239 g/mol. The van der Waals surface area contributed by atoms with E-state index in [0.717, 1.165) is 6.07 Å². The van der Waals surface area contributed by atoms with E-state index in [2.05, 4.69) is 5.10 Å². The number of nitrogen functional groups attached to an aromatic ring is 1. The van der Waals surface area contributed by atoms with Crippen LogP contribution >= 0.6 is 0 Å². The van der Waals surface area contributed by atoms with E-state index in [1.807, 2.05) is 0 Å². The zero-order valence-corrected chi connectivity index (χ0v) is 9.06. The first-order valence-electron chi connectivity index (χ1n) is 4.91. The Morgan fingerprint density at radius 1 is 1.35 bits per heavy atom. The highest BCUT2D eigenvalue weighted by molar-refractivity contribution is 5.44. The highest BCUT2D eigenvalue weighted by atomic mass is 19.2. The molecule has 0 spiro atoms. The number of aromatic nitrogens is 2. The second-order valence-electron chi connectivity index (χ2n) is 3.65. The summed E-state index contributed by atoms with van der Waals surface area (Å²) in [5.41, 5.74) is 5.74. The molecule has 1 aromatic heterocycles. The topological polar surface area (TPSA) is 64.1 Å². The average Bonchev–Trinajstić information content (AvgIpc) is 2.63. The molecule has 0 fully saturated rings. The number of rotatable bonds is 2. The normalized spacial score (nSPS) is 12.7. The van der Waals surface area contributed by atoms with Gasteiger partial charge in [-0.15, -0.1) is 0 Å². The van der Waals surface area contributed by atoms with Gasteiger partial charge in [0.05, 0.1) is 6.20 Å². The van der Waals surface area contributed by atoms with E-state index in [-0.39, 0.29) is 16.9 Å². The number of aliphatic hydroxyl groups excluding tert-OH is 1. The Hall–Kier alpha value is -1.95. The minimum Gasteiger partial charge on any atom is -0.384 e. The van der Waals surface area contributed by atoms with Gasteiger partial charge in [-0.25, -0.2) is 8.78 Å². The summed E-state index contributed by atoms with van der Waals surface area (Å²) < 4.78 is 27.8. The molecule has 0 bridgehead atoms. The first-order chi connectivity index (χ1) is 8.02. The molecule has 1 heterocycles. The van der Waals surface area contributed by atoms with Gasteiger partial charge >= 0.3 is 0 Å². The van der Waals surface area contributed by atoms with Crippen LogP contribution in [0.25, 0.3) is 0 Å². The minimum absolute atomic E-state index is 0.162. The number of hydrogen-bond acceptors (Lipinski definition) is 3. The molecule has 2 rings (SSSR count). The molecule has 0 aliphatic rings. The van der Waals surface area contributed by atoms with Crippen LogP contribution in [-0.2, 0) is 7.05 Å². The number of nitrogens with two attached hydrogens (primary N) is 1. The van der Waals surface area contributed by atoms with Crippen LogP contribution in [-0.4, -0.2) is 14.9 Å². The number of hydrogen-bond donors (Lipinski definition) is 2. The van der Waals surface area contributed by atoms with Crippen molar-refractivity contribution in [2.24, 2.45) is 7.05 Å². The van der Waals surface area contributed by atoms with Gasteiger partial charge < -0.3 is 10.8 Å². The van der Waals surface area contributed by atoms with E-state index < -0.39 is 17.7 Å². The Kier molecular flexibility index (Phi) is 2.81. The summed E-state index contributed by atoms with van der Waals surface area (Å²) in [6.45, 7) is 0. The van der Waals surface area contributed by atoms with Gasteiger partial charge in [-0.1, -0.05) is 12.1 Å². The summed E-state index contributed by atoms with van der Waals surface area (Å²) in [6, 6.07) is 3.61. The van der Waals surface area contributed by atoms with E-state index in [4.69, 9.17) is 5.73 Å². The predicted octanol–water partition coefficient (Wildman–Crippen LogP) is 1.36. The SMILES string of the molecule is Cn1ncc(C(O)c2cccc(F)c2F)c1N. The van der Waals surface area contributed by atoms with Gasteiger partial charge in [0, 0.05) is 18.2 Å². The Balaban J connectivity index is 2.47. The molecule has 1 unspecified atom stereocenters. The second kappa shape index (κ2) is 4.14. The molecule has 0 amide bonds. The van der Waals surface area contributed by atoms with Crippen LogP contribution < -0.4 is 5.73 Å². The Morgan fingerprint density at radius 3 is 2.65 bits per heavy atom. The maximum absolute atomic E-state index is 13.5. The second-order valence-corrected chi connectivity index (χ2v) is 3.65. The van der Waals surface area contributed by atoms with E-state index in [1.54, 1.807) is 7.05 Å². The molecule has 0 radical (unpaired) electrons. The third-order valence-electron chi connectivity index (χ3n) is 2.59. The number of anilines is 1. The molecule has 2 aromatic rings. The van der Waals surface area contributed by atoms with Crippen LogP contribution in [0.5, 0.6) is 0 Å². The zero-order valence-electron chi connectivity index (χ0n) is 9.06. The number of halogens is 2. The van der Waals surface area contributed by atoms with Crippen molar-refractivity contribution >= 4 is 5.82 Å². The van der Waals surface area contributed by atoms with Crippen LogP contribution in [0.15, 0.2) is 24.4 Å². The fourth-order valence-electron chi connectivity index (χ4n) is 1.57. The van der Waals surface area contributed by atoms with Crippen LogP contribution in [0, 0.1) is 11.6 Å². The van der Waals surface area contributed by atoms with E-state index in [0.29, 0.717) is 0 Å². The molecule has 90 valence electrons. The summed E-state index contributed by atoms with van der Waals surface area (Å²) in [4.78, 5) is 0. The van der Waals surface area contributed by atoms with Crippen LogP contribution in [0.1, 0.15) is 17.2 Å². The molecule has 0 aliphatic heterocycles. The third-order valence-corrected chi connectivity index (χ3v) is 2.59. The lowest BCUT2D eigenvalue weighted by Gasteiger charge is -2.11. The van der Waals surface area contributed by atoms with Gasteiger partial charge in [-0.2, -0.15) is 5.10 Å². The fraction of sp³-hybridized carbons (Fsp3) is 0.182. The zero-order chi connectivity index (χ0) is 12.6. The van der Waals surface area contributed by atoms with Gasteiger partial charge in [-0.3, -0.25) is 4.68 Å². The molecule has 1 atom stereocenters. The molecule has 0 saturated carbocycles. The number of benzene rings is 1. The highest BCUT2D eigenvalue weighted by Crippen LogP contribution is 2.28. The summed E-state index contributed by atoms with van der Waals surface area (Å²) >= 11 is 0. The summed E-state index contributed by atoms with van der Waals surface area (Å²) in [5, 5.41) is 13.8. The maximum atomic E-state index is 13.5. The van der Waals surface area contributed by atoms with Gasteiger partial charge in [0.1, 0.15) is 11.9 Å². The minimum atomic E-state index is -1.33. The Bertz CT molecular complexity index is 554.